The molecule has 8 heteroatoms. The lowest BCUT2D eigenvalue weighted by Gasteiger charge is -2.29. The number of hydrogen-bond acceptors (Lipinski definition) is 6. The van der Waals surface area contributed by atoms with Crippen molar-refractivity contribution in [2.24, 2.45) is 0 Å². The fraction of sp³-hybridized carbons (Fsp3) is 0.368. The first-order valence-electron chi connectivity index (χ1n) is 8.61. The summed E-state index contributed by atoms with van der Waals surface area (Å²) in [6.45, 7) is 5.26. The van der Waals surface area contributed by atoms with Gasteiger partial charge in [-0.3, -0.25) is 14.9 Å². The molecule has 1 aliphatic heterocycles. The molecule has 0 aliphatic carbocycles. The smallest absolute Gasteiger partial charge is 0.342 e. The summed E-state index contributed by atoms with van der Waals surface area (Å²) in [5, 5.41) is 10.9. The highest BCUT2D eigenvalue weighted by Gasteiger charge is 2.26. The van der Waals surface area contributed by atoms with Crippen LogP contribution < -0.4 is 4.90 Å². The Balaban J connectivity index is 1.72. The number of rotatable bonds is 4. The van der Waals surface area contributed by atoms with Gasteiger partial charge < -0.3 is 14.1 Å². The maximum absolute atomic E-state index is 12.6. The van der Waals surface area contributed by atoms with Gasteiger partial charge in [-0.05, 0) is 45.2 Å². The van der Waals surface area contributed by atoms with Crippen LogP contribution in [0.1, 0.15) is 39.4 Å². The first-order chi connectivity index (χ1) is 12.8. The molecule has 1 aromatic heterocycles. The zero-order valence-electron chi connectivity index (χ0n) is 15.4. The van der Waals surface area contributed by atoms with E-state index in [1.807, 2.05) is 0 Å². The van der Waals surface area contributed by atoms with E-state index in [0.29, 0.717) is 47.7 Å². The second kappa shape index (κ2) is 7.22. The van der Waals surface area contributed by atoms with Gasteiger partial charge in [0, 0.05) is 29.9 Å². The van der Waals surface area contributed by atoms with Crippen molar-refractivity contribution >= 4 is 23.3 Å². The van der Waals surface area contributed by atoms with Crippen molar-refractivity contribution in [2.45, 2.75) is 33.6 Å². The lowest BCUT2D eigenvalue weighted by atomic mass is 10.0. The molecule has 1 amide bonds. The Kier molecular flexibility index (Phi) is 4.98. The molecule has 1 aromatic carbocycles. The number of non-ortho nitro benzene ring substituents is 1. The minimum absolute atomic E-state index is 0.00393. The summed E-state index contributed by atoms with van der Waals surface area (Å²) in [6.07, 6.45) is 1.35. The average molecular weight is 372 g/mol. The van der Waals surface area contributed by atoms with Gasteiger partial charge in [-0.1, -0.05) is 0 Å². The number of furan rings is 1. The van der Waals surface area contributed by atoms with Gasteiger partial charge in [0.1, 0.15) is 17.1 Å². The van der Waals surface area contributed by atoms with Crippen molar-refractivity contribution < 1.29 is 23.7 Å². The third-order valence-electron chi connectivity index (χ3n) is 4.79. The summed E-state index contributed by atoms with van der Waals surface area (Å²) in [7, 11) is 0. The standard InChI is InChI=1S/C19H20N2O6/c1-11-12(2)27-13(3)18(11)19(23)26-10-17(22)20-8-4-5-14-9-15(21(24)25)6-7-16(14)20/h6-7,9H,4-5,8,10H2,1-3H3. The van der Waals surface area contributed by atoms with Crippen LogP contribution in [0, 0.1) is 30.9 Å². The number of nitro groups is 1. The summed E-state index contributed by atoms with van der Waals surface area (Å²) in [6, 6.07) is 4.43. The minimum atomic E-state index is -0.601. The molecule has 27 heavy (non-hydrogen) atoms. The second-order valence-corrected chi connectivity index (χ2v) is 6.51. The van der Waals surface area contributed by atoms with Gasteiger partial charge in [0.15, 0.2) is 6.61 Å². The molecule has 142 valence electrons. The fourth-order valence-corrected chi connectivity index (χ4v) is 3.33. The third kappa shape index (κ3) is 3.55. The topological polar surface area (TPSA) is 103 Å². The third-order valence-corrected chi connectivity index (χ3v) is 4.79. The van der Waals surface area contributed by atoms with Crippen molar-refractivity contribution in [1.29, 1.82) is 0 Å². The number of aryl methyl sites for hydroxylation is 3. The van der Waals surface area contributed by atoms with Crippen LogP contribution in [0.2, 0.25) is 0 Å². The molecule has 0 saturated carbocycles. The van der Waals surface area contributed by atoms with E-state index in [4.69, 9.17) is 9.15 Å². The van der Waals surface area contributed by atoms with E-state index >= 15 is 0 Å². The predicted molar refractivity (Wildman–Crippen MR) is 97.0 cm³/mol. The molecule has 0 unspecified atom stereocenters. The van der Waals surface area contributed by atoms with Gasteiger partial charge >= 0.3 is 5.97 Å². The van der Waals surface area contributed by atoms with E-state index in [1.54, 1.807) is 26.8 Å². The summed E-state index contributed by atoms with van der Waals surface area (Å²) >= 11 is 0. The van der Waals surface area contributed by atoms with Gasteiger partial charge in [0.05, 0.1) is 4.92 Å². The van der Waals surface area contributed by atoms with Crippen LogP contribution in [-0.2, 0) is 16.0 Å². The number of anilines is 1. The summed E-state index contributed by atoms with van der Waals surface area (Å²) in [5.74, 6) is 0.125. The number of nitro benzene ring substituents is 1. The van der Waals surface area contributed by atoms with E-state index in [-0.39, 0.29) is 11.6 Å². The molecule has 8 nitrogen and oxygen atoms in total. The first kappa shape index (κ1) is 18.6. The van der Waals surface area contributed by atoms with Gasteiger partial charge in [0.25, 0.3) is 11.6 Å². The van der Waals surface area contributed by atoms with Crippen LogP contribution in [0.25, 0.3) is 0 Å². The zero-order valence-corrected chi connectivity index (χ0v) is 15.4. The largest absolute Gasteiger partial charge is 0.465 e. The van der Waals surface area contributed by atoms with Gasteiger partial charge in [-0.15, -0.1) is 0 Å². The van der Waals surface area contributed by atoms with Crippen molar-refractivity contribution in [2.75, 3.05) is 18.1 Å². The van der Waals surface area contributed by atoms with Crippen LogP contribution in [-0.4, -0.2) is 30.0 Å². The summed E-state index contributed by atoms with van der Waals surface area (Å²) in [5.41, 5.74) is 2.40. The monoisotopic (exact) mass is 372 g/mol. The molecule has 0 saturated heterocycles. The van der Waals surface area contributed by atoms with Crippen LogP contribution in [0.4, 0.5) is 11.4 Å². The number of carbonyl (C=O) groups is 2. The van der Waals surface area contributed by atoms with Crippen molar-refractivity contribution in [3.63, 3.8) is 0 Å². The number of ether oxygens (including phenoxy) is 1. The molecule has 1 aliphatic rings. The van der Waals surface area contributed by atoms with Crippen LogP contribution in [0.5, 0.6) is 0 Å². The molecule has 0 N–H and O–H groups in total. The molecule has 0 radical (unpaired) electrons. The fourth-order valence-electron chi connectivity index (χ4n) is 3.33. The molecular formula is C19H20N2O6. The SMILES string of the molecule is Cc1oc(C)c(C(=O)OCC(=O)N2CCCc3cc([N+](=O)[O-])ccc32)c1C. The van der Waals surface area contributed by atoms with Gasteiger partial charge in [0.2, 0.25) is 0 Å². The Bertz CT molecular complexity index is 931. The highest BCUT2D eigenvalue weighted by atomic mass is 16.6. The second-order valence-electron chi connectivity index (χ2n) is 6.51. The Morgan fingerprint density at radius 2 is 2.00 bits per heavy atom. The number of carbonyl (C=O) groups excluding carboxylic acids is 2. The molecule has 0 bridgehead atoms. The van der Waals surface area contributed by atoms with E-state index in [0.717, 1.165) is 5.56 Å². The summed E-state index contributed by atoms with van der Waals surface area (Å²) < 4.78 is 10.6. The number of hydrogen-bond donors (Lipinski definition) is 0. The molecule has 2 heterocycles. The Labute approximate surface area is 155 Å². The highest BCUT2D eigenvalue weighted by molar-refractivity contribution is 5.98. The molecule has 0 spiro atoms. The van der Waals surface area contributed by atoms with E-state index in [9.17, 15) is 19.7 Å². The highest BCUT2D eigenvalue weighted by Crippen LogP contribution is 2.30. The number of nitrogens with zero attached hydrogens (tertiary/aromatic N) is 2. The van der Waals surface area contributed by atoms with Gasteiger partial charge in [-0.2, -0.15) is 0 Å². The van der Waals surface area contributed by atoms with E-state index in [2.05, 4.69) is 0 Å². The van der Waals surface area contributed by atoms with Crippen LogP contribution in [0.3, 0.4) is 0 Å². The van der Waals surface area contributed by atoms with Crippen LogP contribution >= 0.6 is 0 Å². The molecule has 0 fully saturated rings. The zero-order chi connectivity index (χ0) is 19.7. The van der Waals surface area contributed by atoms with E-state index in [1.165, 1.54) is 17.0 Å². The van der Waals surface area contributed by atoms with Crippen molar-refractivity contribution in [3.05, 3.63) is 56.5 Å². The lowest BCUT2D eigenvalue weighted by molar-refractivity contribution is -0.384. The minimum Gasteiger partial charge on any atom is -0.465 e. The number of benzene rings is 1. The van der Waals surface area contributed by atoms with Crippen molar-refractivity contribution in [1.82, 2.24) is 0 Å². The molecule has 3 rings (SSSR count). The Hall–Kier alpha value is -3.16. The number of amides is 1. The maximum Gasteiger partial charge on any atom is 0.342 e. The number of esters is 1. The van der Waals surface area contributed by atoms with Gasteiger partial charge in [-0.25, -0.2) is 4.79 Å². The first-order valence-corrected chi connectivity index (χ1v) is 8.61. The summed E-state index contributed by atoms with van der Waals surface area (Å²) in [4.78, 5) is 36.9. The van der Waals surface area contributed by atoms with E-state index < -0.39 is 17.5 Å². The molecule has 2 aromatic rings. The predicted octanol–water partition coefficient (Wildman–Crippen LogP) is 3.25. The maximum atomic E-state index is 12.6. The molecule has 0 atom stereocenters. The van der Waals surface area contributed by atoms with Crippen LogP contribution in [0.15, 0.2) is 22.6 Å². The van der Waals surface area contributed by atoms with Crippen molar-refractivity contribution in [3.8, 4) is 0 Å². The Morgan fingerprint density at radius 3 is 2.63 bits per heavy atom. The average Bonchev–Trinajstić information content (AvgIpc) is 2.90. The Morgan fingerprint density at radius 1 is 1.26 bits per heavy atom. The number of fused-ring (bicyclic) bond motifs is 1. The molecular weight excluding hydrogens is 352 g/mol. The normalized spacial score (nSPS) is 13.2. The quantitative estimate of drug-likeness (QED) is 0.464. The lowest BCUT2D eigenvalue weighted by Crippen LogP contribution is -2.38.